The third kappa shape index (κ3) is 14.9. The van der Waals surface area contributed by atoms with Gasteiger partial charge < -0.3 is 25.4 Å². The average molecular weight is 607 g/mol. The van der Waals surface area contributed by atoms with Crippen LogP contribution in [0.25, 0.3) is 0 Å². The maximum absolute atomic E-state index is 12.1. The van der Waals surface area contributed by atoms with Crippen molar-refractivity contribution in [1.82, 2.24) is 20.5 Å². The second kappa shape index (κ2) is 21.0. The Hall–Kier alpha value is -2.85. The minimum atomic E-state index is -0.246. The van der Waals surface area contributed by atoms with E-state index in [1.165, 1.54) is 32.1 Å². The summed E-state index contributed by atoms with van der Waals surface area (Å²) in [6.07, 6.45) is 15.6. The van der Waals surface area contributed by atoms with Crippen molar-refractivity contribution in [1.29, 1.82) is 0 Å². The maximum Gasteiger partial charge on any atom is 0.225 e. The summed E-state index contributed by atoms with van der Waals surface area (Å²) in [5.41, 5.74) is 0. The Labute approximate surface area is 260 Å². The SMILES string of the molecule is CC(C)C(=O)C1CCC(NC(=O)CCCOC2CCCCC2)CC1.CN1C[C@@H](C(=O)NCCO)CC1=O.[HH].[HH].c1ccncc1. The predicted molar refractivity (Wildman–Crippen MR) is 170 cm³/mol. The first-order valence-electron chi connectivity index (χ1n) is 16.1. The molecule has 0 aromatic carbocycles. The molecule has 10 nitrogen and oxygen atoms in total. The highest BCUT2D eigenvalue weighted by molar-refractivity contribution is 5.89. The van der Waals surface area contributed by atoms with Crippen LogP contribution in [0.3, 0.4) is 0 Å². The highest BCUT2D eigenvalue weighted by Crippen LogP contribution is 2.27. The number of carbonyl (C=O) groups is 4. The number of hydrogen-bond acceptors (Lipinski definition) is 7. The summed E-state index contributed by atoms with van der Waals surface area (Å²) in [4.78, 5) is 51.8. The van der Waals surface area contributed by atoms with Crippen LogP contribution >= 0.6 is 0 Å². The molecule has 4 rings (SSSR count). The quantitative estimate of drug-likeness (QED) is 0.322. The zero-order chi connectivity index (χ0) is 31.5. The molecule has 1 saturated heterocycles. The van der Waals surface area contributed by atoms with Gasteiger partial charge in [-0.15, -0.1) is 0 Å². The van der Waals surface area contributed by atoms with Gasteiger partial charge >= 0.3 is 0 Å². The molecule has 3 N–H and O–H groups in total. The van der Waals surface area contributed by atoms with Crippen molar-refractivity contribution >= 4 is 23.5 Å². The first kappa shape index (κ1) is 36.3. The molecule has 1 aliphatic heterocycles. The van der Waals surface area contributed by atoms with Crippen molar-refractivity contribution in [3.05, 3.63) is 30.6 Å². The van der Waals surface area contributed by atoms with Crippen LogP contribution in [0, 0.1) is 17.8 Å². The van der Waals surface area contributed by atoms with E-state index in [1.54, 1.807) is 24.3 Å². The lowest BCUT2D eigenvalue weighted by Crippen LogP contribution is -2.39. The second-order valence-electron chi connectivity index (χ2n) is 12.1. The number of rotatable bonds is 11. The summed E-state index contributed by atoms with van der Waals surface area (Å²) in [6, 6.07) is 5.97. The fourth-order valence-corrected chi connectivity index (χ4v) is 5.68. The monoisotopic (exact) mass is 606 g/mol. The predicted octanol–water partition coefficient (Wildman–Crippen LogP) is 4.16. The van der Waals surface area contributed by atoms with E-state index in [4.69, 9.17) is 9.84 Å². The number of nitrogens with zero attached hydrogens (tertiary/aromatic N) is 2. The van der Waals surface area contributed by atoms with Crippen molar-refractivity contribution in [2.24, 2.45) is 17.8 Å². The molecule has 0 unspecified atom stereocenters. The normalized spacial score (nSPS) is 22.1. The molecule has 1 aromatic heterocycles. The van der Waals surface area contributed by atoms with Gasteiger partial charge in [-0.25, -0.2) is 0 Å². The van der Waals surface area contributed by atoms with Crippen molar-refractivity contribution < 1.29 is 31.9 Å². The number of ketones is 1. The molecule has 3 aliphatic rings. The number of aliphatic hydroxyl groups excluding tert-OH is 1. The molecular formula is C33H58N4O6. The number of carbonyl (C=O) groups excluding carboxylic acids is 4. The highest BCUT2D eigenvalue weighted by atomic mass is 16.5. The topological polar surface area (TPSA) is 138 Å². The van der Waals surface area contributed by atoms with Crippen LogP contribution in [0.4, 0.5) is 0 Å². The van der Waals surface area contributed by atoms with Crippen LogP contribution in [0.1, 0.15) is 93.8 Å². The number of likely N-dealkylation sites (tertiary alicyclic amines) is 1. The van der Waals surface area contributed by atoms with Crippen molar-refractivity contribution in [2.75, 3.05) is 33.4 Å². The van der Waals surface area contributed by atoms with E-state index in [2.05, 4.69) is 15.6 Å². The molecule has 0 radical (unpaired) electrons. The van der Waals surface area contributed by atoms with E-state index in [-0.39, 0.29) is 63.9 Å². The molecule has 2 heterocycles. The van der Waals surface area contributed by atoms with Crippen LogP contribution in [-0.2, 0) is 23.9 Å². The Morgan fingerprint density at radius 2 is 1.70 bits per heavy atom. The van der Waals surface area contributed by atoms with Gasteiger partial charge in [0, 0.05) is 72.7 Å². The molecule has 3 fully saturated rings. The molecule has 0 spiro atoms. The van der Waals surface area contributed by atoms with Gasteiger partial charge in [-0.1, -0.05) is 39.2 Å². The molecular weight excluding hydrogens is 548 g/mol. The fourth-order valence-electron chi connectivity index (χ4n) is 5.68. The molecule has 2 saturated carbocycles. The standard InChI is InChI=1S/C20H35NO3.C8H14N2O3.C5H5N.2H2/c1-15(2)20(23)16-10-12-17(13-11-16)21-19(22)9-6-14-24-18-7-4-3-5-8-18;1-10-5-6(4-7(10)12)8(13)9-2-3-11;1-2-4-6-5-3-1;;/h15-18H,3-14H2,1-2H3,(H,21,22);6,11H,2-5H2,1H3,(H,9,13);1-5H;2*1H/t;6-;;;/m.0.../s1. The molecule has 1 aromatic rings. The minimum Gasteiger partial charge on any atom is -0.395 e. The number of nitrogens with one attached hydrogen (secondary N) is 2. The Morgan fingerprint density at radius 3 is 2.21 bits per heavy atom. The van der Waals surface area contributed by atoms with Gasteiger partial charge in [0.15, 0.2) is 0 Å². The largest absolute Gasteiger partial charge is 0.395 e. The number of amides is 3. The number of pyridine rings is 1. The number of aliphatic hydroxyl groups is 1. The highest BCUT2D eigenvalue weighted by Gasteiger charge is 2.31. The first-order valence-corrected chi connectivity index (χ1v) is 16.1. The molecule has 0 bridgehead atoms. The van der Waals surface area contributed by atoms with E-state index < -0.39 is 0 Å². The molecule has 10 heteroatoms. The average Bonchev–Trinajstić information content (AvgIpc) is 3.37. The molecule has 43 heavy (non-hydrogen) atoms. The Balaban J connectivity index is 0.000000770. The summed E-state index contributed by atoms with van der Waals surface area (Å²) in [7, 11) is 1.68. The van der Waals surface area contributed by atoms with E-state index in [0.717, 1.165) is 32.1 Å². The van der Waals surface area contributed by atoms with Gasteiger partial charge in [0.25, 0.3) is 0 Å². The van der Waals surface area contributed by atoms with Gasteiger partial charge in [-0.05, 0) is 57.1 Å². The van der Waals surface area contributed by atoms with Crippen LogP contribution in [-0.4, -0.2) is 84.0 Å². The Kier molecular flexibility index (Phi) is 17.7. The Morgan fingerprint density at radius 1 is 1.02 bits per heavy atom. The van der Waals surface area contributed by atoms with Crippen molar-refractivity contribution in [3.63, 3.8) is 0 Å². The van der Waals surface area contributed by atoms with Crippen LogP contribution in [0.5, 0.6) is 0 Å². The van der Waals surface area contributed by atoms with Gasteiger partial charge in [-0.3, -0.25) is 24.2 Å². The zero-order valence-corrected chi connectivity index (χ0v) is 26.5. The first-order chi connectivity index (χ1) is 20.7. The zero-order valence-electron chi connectivity index (χ0n) is 26.5. The number of Topliss-reactive ketones (excluding diaryl/α,β-unsaturated/α-hetero) is 1. The summed E-state index contributed by atoms with van der Waals surface area (Å²) >= 11 is 0. The van der Waals surface area contributed by atoms with Gasteiger partial charge in [0.05, 0.1) is 18.6 Å². The summed E-state index contributed by atoms with van der Waals surface area (Å²) in [6.45, 7) is 5.33. The lowest BCUT2D eigenvalue weighted by Gasteiger charge is -2.29. The van der Waals surface area contributed by atoms with E-state index >= 15 is 0 Å². The van der Waals surface area contributed by atoms with Crippen LogP contribution in [0.2, 0.25) is 0 Å². The molecule has 1 atom stereocenters. The van der Waals surface area contributed by atoms with E-state index in [1.807, 2.05) is 32.0 Å². The fraction of sp³-hybridized carbons (Fsp3) is 0.727. The van der Waals surface area contributed by atoms with Crippen LogP contribution < -0.4 is 10.6 Å². The van der Waals surface area contributed by atoms with Crippen LogP contribution in [0.15, 0.2) is 30.6 Å². The lowest BCUT2D eigenvalue weighted by molar-refractivity contribution is -0.128. The third-order valence-electron chi connectivity index (χ3n) is 8.21. The van der Waals surface area contributed by atoms with Gasteiger partial charge in [0.1, 0.15) is 5.78 Å². The lowest BCUT2D eigenvalue weighted by atomic mass is 9.80. The summed E-state index contributed by atoms with van der Waals surface area (Å²) in [5.74, 6) is 0.479. The van der Waals surface area contributed by atoms with E-state index in [9.17, 15) is 19.2 Å². The molecule has 246 valence electrons. The van der Waals surface area contributed by atoms with Crippen molar-refractivity contribution in [3.8, 4) is 0 Å². The molecule has 3 amide bonds. The summed E-state index contributed by atoms with van der Waals surface area (Å²) < 4.78 is 5.87. The molecule has 2 aliphatic carbocycles. The summed E-state index contributed by atoms with van der Waals surface area (Å²) in [5, 5.41) is 14.2. The number of aromatic nitrogens is 1. The van der Waals surface area contributed by atoms with Gasteiger partial charge in [-0.2, -0.15) is 0 Å². The van der Waals surface area contributed by atoms with Gasteiger partial charge in [0.2, 0.25) is 17.7 Å². The number of hydrogen-bond donors (Lipinski definition) is 3. The minimum absolute atomic E-state index is 0. The number of ether oxygens (including phenoxy) is 1. The maximum atomic E-state index is 12.1. The second-order valence-corrected chi connectivity index (χ2v) is 12.1. The third-order valence-corrected chi connectivity index (χ3v) is 8.21. The Bertz CT molecular complexity index is 931. The van der Waals surface area contributed by atoms with E-state index in [0.29, 0.717) is 31.5 Å². The smallest absolute Gasteiger partial charge is 0.225 e. The van der Waals surface area contributed by atoms with Crippen molar-refractivity contribution in [2.45, 2.75) is 103 Å².